The van der Waals surface area contributed by atoms with E-state index in [1.165, 1.54) is 21.5 Å². The van der Waals surface area contributed by atoms with E-state index in [9.17, 15) is 4.79 Å². The van der Waals surface area contributed by atoms with Crippen LogP contribution in [0.15, 0.2) is 96.1 Å². The minimum Gasteiger partial charge on any atom is -0.289 e. The van der Waals surface area contributed by atoms with Crippen LogP contribution in [0.2, 0.25) is 0 Å². The van der Waals surface area contributed by atoms with Gasteiger partial charge in [-0.3, -0.25) is 4.79 Å². The number of hydrogen-bond donors (Lipinski definition) is 0. The van der Waals surface area contributed by atoms with Crippen LogP contribution < -0.4 is 0 Å². The molecule has 1 aliphatic rings. The molecule has 1 aliphatic carbocycles. The predicted octanol–water partition coefficient (Wildman–Crippen LogP) is 7.21. The molecule has 0 N–H and O–H groups in total. The Morgan fingerprint density at radius 3 is 1.52 bits per heavy atom. The Balaban J connectivity index is 1.55. The zero-order valence-electron chi connectivity index (χ0n) is 16.3. The Bertz CT molecular complexity index is 1180. The summed E-state index contributed by atoms with van der Waals surface area (Å²) in [6.45, 7) is 0. The van der Waals surface area contributed by atoms with Gasteiger partial charge in [0, 0.05) is 11.1 Å². The molecular formula is C28H22O. The lowest BCUT2D eigenvalue weighted by atomic mass is 9.86. The van der Waals surface area contributed by atoms with Gasteiger partial charge in [-0.05, 0) is 64.1 Å². The summed E-state index contributed by atoms with van der Waals surface area (Å²) in [5.41, 5.74) is 4.08. The van der Waals surface area contributed by atoms with Gasteiger partial charge in [-0.1, -0.05) is 84.9 Å². The minimum absolute atomic E-state index is 0.192. The van der Waals surface area contributed by atoms with E-state index in [0.29, 0.717) is 0 Å². The van der Waals surface area contributed by atoms with Gasteiger partial charge >= 0.3 is 0 Å². The Morgan fingerprint density at radius 1 is 0.552 bits per heavy atom. The number of Topliss-reactive ketones (excluding diaryl/α,β-unsaturated/α-hetero) is 1. The predicted molar refractivity (Wildman–Crippen MR) is 123 cm³/mol. The number of benzene rings is 4. The van der Waals surface area contributed by atoms with E-state index >= 15 is 0 Å². The van der Waals surface area contributed by atoms with Gasteiger partial charge in [0.1, 0.15) is 0 Å². The van der Waals surface area contributed by atoms with Crippen LogP contribution in [0.3, 0.4) is 0 Å². The first-order chi connectivity index (χ1) is 14.3. The Kier molecular flexibility index (Phi) is 4.57. The second-order valence-corrected chi connectivity index (χ2v) is 7.66. The van der Waals surface area contributed by atoms with Crippen molar-refractivity contribution in [2.45, 2.75) is 19.3 Å². The van der Waals surface area contributed by atoms with Gasteiger partial charge in [-0.25, -0.2) is 0 Å². The summed E-state index contributed by atoms with van der Waals surface area (Å²) in [7, 11) is 0. The zero-order chi connectivity index (χ0) is 19.6. The molecule has 0 spiro atoms. The molecule has 0 unspecified atom stereocenters. The number of ketones is 1. The number of carbonyl (C=O) groups excluding carboxylic acids is 1. The van der Waals surface area contributed by atoms with Gasteiger partial charge in [-0.15, -0.1) is 0 Å². The summed E-state index contributed by atoms with van der Waals surface area (Å²) >= 11 is 0. The fourth-order valence-electron chi connectivity index (χ4n) is 4.31. The molecule has 0 radical (unpaired) electrons. The molecule has 0 bridgehead atoms. The molecule has 0 amide bonds. The highest BCUT2D eigenvalue weighted by atomic mass is 16.1. The first kappa shape index (κ1) is 17.6. The molecular weight excluding hydrogens is 352 g/mol. The van der Waals surface area contributed by atoms with Crippen LogP contribution in [0.25, 0.3) is 33.7 Å². The molecule has 0 heterocycles. The van der Waals surface area contributed by atoms with E-state index in [4.69, 9.17) is 0 Å². The average molecular weight is 374 g/mol. The van der Waals surface area contributed by atoms with Crippen molar-refractivity contribution >= 4 is 39.5 Å². The lowest BCUT2D eigenvalue weighted by Crippen LogP contribution is -2.12. The van der Waals surface area contributed by atoms with E-state index in [1.807, 2.05) is 0 Å². The third kappa shape index (κ3) is 3.40. The molecule has 1 heteroatoms. The minimum atomic E-state index is 0.192. The Morgan fingerprint density at radius 2 is 1.00 bits per heavy atom. The van der Waals surface area contributed by atoms with E-state index in [1.54, 1.807) is 0 Å². The van der Waals surface area contributed by atoms with Crippen LogP contribution in [0.4, 0.5) is 0 Å². The van der Waals surface area contributed by atoms with Crippen LogP contribution in [0.5, 0.6) is 0 Å². The Labute approximate surface area is 171 Å². The second kappa shape index (κ2) is 7.52. The topological polar surface area (TPSA) is 17.1 Å². The maximum absolute atomic E-state index is 13.3. The van der Waals surface area contributed by atoms with Crippen molar-refractivity contribution in [2.75, 3.05) is 0 Å². The largest absolute Gasteiger partial charge is 0.289 e. The normalized spacial score (nSPS) is 17.4. The molecule has 29 heavy (non-hydrogen) atoms. The summed E-state index contributed by atoms with van der Waals surface area (Å²) in [5, 5.41) is 4.80. The third-order valence-electron chi connectivity index (χ3n) is 5.78. The molecule has 0 aromatic heterocycles. The van der Waals surface area contributed by atoms with Gasteiger partial charge in [0.25, 0.3) is 0 Å². The summed E-state index contributed by atoms with van der Waals surface area (Å²) in [6.07, 6.45) is 6.89. The number of allylic oxidation sites excluding steroid dienone is 2. The quantitative estimate of drug-likeness (QED) is 0.339. The van der Waals surface area contributed by atoms with Crippen LogP contribution in [-0.2, 0) is 4.79 Å². The van der Waals surface area contributed by atoms with Gasteiger partial charge in [-0.2, -0.15) is 0 Å². The second-order valence-electron chi connectivity index (χ2n) is 7.66. The van der Waals surface area contributed by atoms with E-state index < -0.39 is 0 Å². The molecule has 1 nitrogen and oxygen atoms in total. The average Bonchev–Trinajstić information content (AvgIpc) is 2.77. The van der Waals surface area contributed by atoms with Crippen LogP contribution in [-0.4, -0.2) is 5.78 Å². The van der Waals surface area contributed by atoms with E-state index in [-0.39, 0.29) is 5.78 Å². The standard InChI is InChI=1S/C28H22O/c29-28-24(18-22-12-5-10-20-8-1-3-16-26(20)22)14-7-15-25(28)19-23-13-6-11-21-9-2-4-17-27(21)23/h1-6,8-13,16-19H,7,14-15H2/b24-18-,25-19+. The smallest absolute Gasteiger partial charge is 0.185 e. The van der Waals surface area contributed by atoms with Crippen LogP contribution in [0.1, 0.15) is 30.4 Å². The highest BCUT2D eigenvalue weighted by Crippen LogP contribution is 2.31. The summed E-state index contributed by atoms with van der Waals surface area (Å²) in [4.78, 5) is 13.3. The maximum atomic E-state index is 13.3. The summed E-state index contributed by atoms with van der Waals surface area (Å²) in [6, 6.07) is 29.3. The zero-order valence-corrected chi connectivity index (χ0v) is 16.3. The lowest BCUT2D eigenvalue weighted by molar-refractivity contribution is -0.112. The maximum Gasteiger partial charge on any atom is 0.185 e. The number of fused-ring (bicyclic) bond motifs is 2. The summed E-state index contributed by atoms with van der Waals surface area (Å²) in [5.74, 6) is 0.192. The molecule has 1 fully saturated rings. The molecule has 0 saturated heterocycles. The Hall–Kier alpha value is -3.45. The van der Waals surface area contributed by atoms with Crippen molar-refractivity contribution in [3.8, 4) is 0 Å². The molecule has 0 atom stereocenters. The third-order valence-corrected chi connectivity index (χ3v) is 5.78. The number of rotatable bonds is 2. The van der Waals surface area contributed by atoms with Gasteiger partial charge in [0.2, 0.25) is 0 Å². The van der Waals surface area contributed by atoms with Gasteiger partial charge in [0.05, 0.1) is 0 Å². The lowest BCUT2D eigenvalue weighted by Gasteiger charge is -2.17. The monoisotopic (exact) mass is 374 g/mol. The van der Waals surface area contributed by atoms with Crippen molar-refractivity contribution < 1.29 is 4.79 Å². The van der Waals surface area contributed by atoms with Crippen LogP contribution >= 0.6 is 0 Å². The SMILES string of the molecule is O=C1/C(=C\c2cccc3ccccc23)CCC/C1=C\c1cccc2ccccc12. The first-order valence-electron chi connectivity index (χ1n) is 10.2. The number of carbonyl (C=O) groups is 1. The number of hydrogen-bond acceptors (Lipinski definition) is 1. The fraction of sp³-hybridized carbons (Fsp3) is 0.107. The highest BCUT2D eigenvalue weighted by Gasteiger charge is 2.21. The first-order valence-corrected chi connectivity index (χ1v) is 10.2. The van der Waals surface area contributed by atoms with E-state index in [2.05, 4.69) is 97.1 Å². The van der Waals surface area contributed by atoms with Crippen molar-refractivity contribution in [1.29, 1.82) is 0 Å². The molecule has 5 rings (SSSR count). The highest BCUT2D eigenvalue weighted by molar-refractivity contribution is 6.15. The molecule has 1 saturated carbocycles. The van der Waals surface area contributed by atoms with Crippen LogP contribution in [0, 0.1) is 0 Å². The molecule has 0 aliphatic heterocycles. The van der Waals surface area contributed by atoms with Crippen molar-refractivity contribution in [3.05, 3.63) is 107 Å². The molecule has 140 valence electrons. The van der Waals surface area contributed by atoms with Crippen molar-refractivity contribution in [3.63, 3.8) is 0 Å². The van der Waals surface area contributed by atoms with E-state index in [0.717, 1.165) is 41.5 Å². The van der Waals surface area contributed by atoms with Gasteiger partial charge in [0.15, 0.2) is 5.78 Å². The van der Waals surface area contributed by atoms with Gasteiger partial charge < -0.3 is 0 Å². The molecule has 4 aromatic rings. The fourth-order valence-corrected chi connectivity index (χ4v) is 4.31. The van der Waals surface area contributed by atoms with Crippen molar-refractivity contribution in [2.24, 2.45) is 0 Å². The van der Waals surface area contributed by atoms with Crippen molar-refractivity contribution in [1.82, 2.24) is 0 Å². The summed E-state index contributed by atoms with van der Waals surface area (Å²) < 4.78 is 0. The molecule has 4 aromatic carbocycles.